The molecule has 1 aromatic carbocycles. The van der Waals surface area contributed by atoms with Crippen LogP contribution in [0.5, 0.6) is 5.75 Å². The molecule has 2 aliphatic heterocycles. The summed E-state index contributed by atoms with van der Waals surface area (Å²) in [5.74, 6) is 3.38. The van der Waals surface area contributed by atoms with Gasteiger partial charge in [0.15, 0.2) is 5.82 Å². The molecule has 1 saturated heterocycles. The fourth-order valence-electron chi connectivity index (χ4n) is 6.44. The Hall–Kier alpha value is -2.51. The summed E-state index contributed by atoms with van der Waals surface area (Å²) in [6, 6.07) is 6.71. The Balaban J connectivity index is 1.39. The van der Waals surface area contributed by atoms with Gasteiger partial charge < -0.3 is 10.1 Å². The van der Waals surface area contributed by atoms with E-state index in [0.29, 0.717) is 11.3 Å². The molecule has 2 fully saturated rings. The first-order valence-corrected chi connectivity index (χ1v) is 13.7. The van der Waals surface area contributed by atoms with Crippen LogP contribution in [0.15, 0.2) is 23.2 Å². The van der Waals surface area contributed by atoms with E-state index in [9.17, 15) is 0 Å². The summed E-state index contributed by atoms with van der Waals surface area (Å²) >= 11 is 1.80. The highest BCUT2D eigenvalue weighted by molar-refractivity contribution is 7.15. The number of rotatable bonds is 3. The van der Waals surface area contributed by atoms with Gasteiger partial charge >= 0.3 is 0 Å². The van der Waals surface area contributed by atoms with Crippen molar-refractivity contribution in [3.8, 4) is 10.8 Å². The summed E-state index contributed by atoms with van der Waals surface area (Å²) in [4.78, 5) is 6.52. The van der Waals surface area contributed by atoms with E-state index in [2.05, 4.69) is 59.1 Å². The van der Waals surface area contributed by atoms with Gasteiger partial charge in [0.05, 0.1) is 12.8 Å². The van der Waals surface area contributed by atoms with E-state index in [1.165, 1.54) is 71.8 Å². The van der Waals surface area contributed by atoms with Gasteiger partial charge in [-0.05, 0) is 94.9 Å². The molecule has 3 aromatic rings. The number of aliphatic imine (C=N–C) groups is 1. The normalized spacial score (nSPS) is 25.8. The molecule has 6 rings (SSSR count). The molecule has 35 heavy (non-hydrogen) atoms. The molecule has 6 nitrogen and oxygen atoms in total. The highest BCUT2D eigenvalue weighted by atomic mass is 32.1. The van der Waals surface area contributed by atoms with Crippen molar-refractivity contribution in [1.82, 2.24) is 20.1 Å². The molecule has 7 heteroatoms. The summed E-state index contributed by atoms with van der Waals surface area (Å²) in [6.07, 6.45) is 6.46. The second-order valence-corrected chi connectivity index (χ2v) is 11.9. The third-order valence-electron chi connectivity index (χ3n) is 8.68. The van der Waals surface area contributed by atoms with Crippen molar-refractivity contribution < 1.29 is 4.74 Å². The van der Waals surface area contributed by atoms with E-state index in [-0.39, 0.29) is 6.04 Å². The first-order valence-electron chi connectivity index (χ1n) is 12.9. The molecular formula is C28H35N5OS. The second kappa shape index (κ2) is 8.56. The average Bonchev–Trinajstić information content (AvgIpc) is 3.53. The third-order valence-corrected chi connectivity index (χ3v) is 9.87. The summed E-state index contributed by atoms with van der Waals surface area (Å²) in [7, 11) is 1.81. The average molecular weight is 490 g/mol. The lowest BCUT2D eigenvalue weighted by molar-refractivity contribution is 0.197. The number of hydrogen-bond donors (Lipinski definition) is 1. The molecule has 4 heterocycles. The molecule has 1 N–H and O–H groups in total. The fraction of sp³-hybridized carbons (Fsp3) is 0.536. The maximum absolute atomic E-state index is 6.00. The van der Waals surface area contributed by atoms with Crippen molar-refractivity contribution in [2.45, 2.75) is 71.8 Å². The van der Waals surface area contributed by atoms with Crippen molar-refractivity contribution in [1.29, 1.82) is 0 Å². The summed E-state index contributed by atoms with van der Waals surface area (Å²) in [5.41, 5.74) is 6.52. The van der Waals surface area contributed by atoms with Crippen LogP contribution in [0.1, 0.15) is 89.8 Å². The van der Waals surface area contributed by atoms with E-state index in [4.69, 9.17) is 9.73 Å². The molecule has 0 radical (unpaired) electrons. The molecule has 1 atom stereocenters. The highest BCUT2D eigenvalue weighted by Gasteiger charge is 2.38. The van der Waals surface area contributed by atoms with Gasteiger partial charge in [-0.1, -0.05) is 12.1 Å². The first kappa shape index (κ1) is 22.9. The standard InChI is InChI=1S/C28H35N5OS/c1-16-18(3)35-27-24(16)25(30-17(2)26-32-31-19(4)33(26)27)21-6-7-22(23(14-21)34-5)20-8-10-28(11-9-20)12-13-29-15-28/h6-7,14,17,20,29H,8-13,15H2,1-5H3. The van der Waals surface area contributed by atoms with Crippen LogP contribution in [0.3, 0.4) is 0 Å². The van der Waals surface area contributed by atoms with Crippen molar-refractivity contribution in [3.63, 3.8) is 0 Å². The van der Waals surface area contributed by atoms with E-state index in [1.54, 1.807) is 18.4 Å². The fourth-order valence-corrected chi connectivity index (χ4v) is 7.65. The predicted molar refractivity (Wildman–Crippen MR) is 142 cm³/mol. The maximum Gasteiger partial charge on any atom is 0.162 e. The minimum absolute atomic E-state index is 0.0780. The number of fused-ring (bicyclic) bond motifs is 3. The molecule has 1 unspecified atom stereocenters. The lowest BCUT2D eigenvalue weighted by Gasteiger charge is -2.37. The highest BCUT2D eigenvalue weighted by Crippen LogP contribution is 2.48. The van der Waals surface area contributed by atoms with Gasteiger partial charge in [-0.25, -0.2) is 0 Å². The number of aryl methyl sites for hydroxylation is 2. The summed E-state index contributed by atoms with van der Waals surface area (Å²) in [6.45, 7) is 10.9. The van der Waals surface area contributed by atoms with Gasteiger partial charge in [-0.3, -0.25) is 9.56 Å². The Labute approximate surface area is 211 Å². The zero-order valence-corrected chi connectivity index (χ0v) is 22.3. The van der Waals surface area contributed by atoms with Crippen molar-refractivity contribution in [2.75, 3.05) is 20.2 Å². The van der Waals surface area contributed by atoms with E-state index >= 15 is 0 Å². The molecule has 0 amide bonds. The molecule has 0 bridgehead atoms. The molecule has 1 spiro atoms. The molecule has 3 aliphatic rings. The number of benzene rings is 1. The largest absolute Gasteiger partial charge is 0.496 e. The van der Waals surface area contributed by atoms with Gasteiger partial charge in [0.25, 0.3) is 0 Å². The van der Waals surface area contributed by atoms with Gasteiger partial charge in [-0.2, -0.15) is 0 Å². The molecule has 184 valence electrons. The molecule has 1 aliphatic carbocycles. The number of hydrogen-bond acceptors (Lipinski definition) is 6. The van der Waals surface area contributed by atoms with E-state index in [0.717, 1.165) is 28.7 Å². The molecule has 1 saturated carbocycles. The van der Waals surface area contributed by atoms with Crippen molar-refractivity contribution >= 4 is 17.0 Å². The van der Waals surface area contributed by atoms with E-state index < -0.39 is 0 Å². The zero-order valence-electron chi connectivity index (χ0n) is 21.4. The third kappa shape index (κ3) is 3.66. The van der Waals surface area contributed by atoms with Crippen LogP contribution in [0.25, 0.3) is 5.00 Å². The summed E-state index contributed by atoms with van der Waals surface area (Å²) in [5, 5.41) is 13.6. The Morgan fingerprint density at radius 1 is 1.11 bits per heavy atom. The second-order valence-electron chi connectivity index (χ2n) is 10.7. The van der Waals surface area contributed by atoms with Crippen LogP contribution in [0, 0.1) is 26.2 Å². The Morgan fingerprint density at radius 2 is 1.91 bits per heavy atom. The smallest absolute Gasteiger partial charge is 0.162 e. The van der Waals surface area contributed by atoms with Crippen LogP contribution in [-0.2, 0) is 0 Å². The SMILES string of the molecule is COc1cc(C2=NC(C)c3nnc(C)n3-c3sc(C)c(C)c32)ccc1C1CCC2(CCNC2)CC1. The number of nitrogens with zero attached hydrogens (tertiary/aromatic N) is 4. The van der Waals surface area contributed by atoms with Gasteiger partial charge in [0.1, 0.15) is 22.6 Å². The predicted octanol–water partition coefficient (Wildman–Crippen LogP) is 5.81. The summed E-state index contributed by atoms with van der Waals surface area (Å²) < 4.78 is 8.20. The first-order chi connectivity index (χ1) is 16.9. The van der Waals surface area contributed by atoms with Crippen LogP contribution in [0.2, 0.25) is 0 Å². The lowest BCUT2D eigenvalue weighted by atomic mass is 9.68. The minimum Gasteiger partial charge on any atom is -0.496 e. The number of nitrogens with one attached hydrogen (secondary N) is 1. The molecule has 2 aromatic heterocycles. The zero-order chi connectivity index (χ0) is 24.3. The van der Waals surface area contributed by atoms with Crippen LogP contribution in [-0.4, -0.2) is 40.7 Å². The minimum atomic E-state index is -0.0780. The Morgan fingerprint density at radius 3 is 2.63 bits per heavy atom. The van der Waals surface area contributed by atoms with Gasteiger partial charge in [0, 0.05) is 22.5 Å². The van der Waals surface area contributed by atoms with Crippen molar-refractivity contribution in [3.05, 3.63) is 57.0 Å². The topological polar surface area (TPSA) is 64.3 Å². The number of aromatic nitrogens is 3. The van der Waals surface area contributed by atoms with E-state index in [1.807, 2.05) is 6.92 Å². The van der Waals surface area contributed by atoms with Crippen molar-refractivity contribution in [2.24, 2.45) is 10.4 Å². The number of ether oxygens (including phenoxy) is 1. The number of thiophene rings is 1. The van der Waals surface area contributed by atoms with Crippen LogP contribution < -0.4 is 10.1 Å². The maximum atomic E-state index is 6.00. The van der Waals surface area contributed by atoms with Gasteiger partial charge in [-0.15, -0.1) is 21.5 Å². The Kier molecular flexibility index (Phi) is 5.60. The van der Waals surface area contributed by atoms with Crippen LogP contribution >= 0.6 is 11.3 Å². The lowest BCUT2D eigenvalue weighted by Crippen LogP contribution is -2.29. The molecular weight excluding hydrogens is 454 g/mol. The van der Waals surface area contributed by atoms with Gasteiger partial charge in [0.2, 0.25) is 0 Å². The quantitative estimate of drug-likeness (QED) is 0.504. The monoisotopic (exact) mass is 489 g/mol. The number of methoxy groups -OCH3 is 1. The Bertz CT molecular complexity index is 1300. The van der Waals surface area contributed by atoms with Crippen LogP contribution in [0.4, 0.5) is 0 Å².